The Morgan fingerprint density at radius 2 is 2.14 bits per heavy atom. The lowest BCUT2D eigenvalue weighted by molar-refractivity contribution is 0.0271. The molecule has 1 N–H and O–H groups in total. The van der Waals surface area contributed by atoms with Crippen molar-refractivity contribution in [2.24, 2.45) is 0 Å². The van der Waals surface area contributed by atoms with Gasteiger partial charge in [0.25, 0.3) is 0 Å². The first-order valence-corrected chi connectivity index (χ1v) is 7.76. The molecule has 2 atom stereocenters. The normalized spacial score (nSPS) is 21.0. The standard InChI is InChI=1S/C17H21FN2O2/c1-12(21)15-4-2-3-9-20(15)11-17-19-10-16(22-17)13-5-7-14(18)8-6-13/h5-8,10,12,15,21H,2-4,9,11H2,1H3. The van der Waals surface area contributed by atoms with Crippen LogP contribution in [0.15, 0.2) is 34.9 Å². The zero-order valence-corrected chi connectivity index (χ0v) is 12.7. The van der Waals surface area contributed by atoms with Gasteiger partial charge in [-0.05, 0) is 50.6 Å². The zero-order valence-electron chi connectivity index (χ0n) is 12.7. The van der Waals surface area contributed by atoms with Crippen LogP contribution in [0.1, 0.15) is 32.1 Å². The van der Waals surface area contributed by atoms with Crippen LogP contribution in [0, 0.1) is 5.82 Å². The molecule has 0 amide bonds. The minimum Gasteiger partial charge on any atom is -0.439 e. The van der Waals surface area contributed by atoms with Crippen LogP contribution in [0.4, 0.5) is 4.39 Å². The average Bonchev–Trinajstić information content (AvgIpc) is 2.97. The Kier molecular flexibility index (Phi) is 4.55. The first kappa shape index (κ1) is 15.2. The number of hydrogen-bond donors (Lipinski definition) is 1. The number of hydrogen-bond acceptors (Lipinski definition) is 4. The molecule has 0 radical (unpaired) electrons. The summed E-state index contributed by atoms with van der Waals surface area (Å²) in [4.78, 5) is 6.55. The highest BCUT2D eigenvalue weighted by atomic mass is 19.1. The maximum atomic E-state index is 13.0. The molecule has 5 heteroatoms. The molecule has 4 nitrogen and oxygen atoms in total. The number of rotatable bonds is 4. The van der Waals surface area contributed by atoms with Gasteiger partial charge in [-0.2, -0.15) is 0 Å². The maximum Gasteiger partial charge on any atom is 0.209 e. The highest BCUT2D eigenvalue weighted by Crippen LogP contribution is 2.24. The van der Waals surface area contributed by atoms with Gasteiger partial charge in [-0.1, -0.05) is 6.42 Å². The van der Waals surface area contributed by atoms with E-state index in [-0.39, 0.29) is 18.0 Å². The number of halogens is 1. The molecule has 1 saturated heterocycles. The fourth-order valence-corrected chi connectivity index (χ4v) is 3.06. The van der Waals surface area contributed by atoms with Gasteiger partial charge in [0, 0.05) is 11.6 Å². The van der Waals surface area contributed by atoms with Crippen molar-refractivity contribution in [3.8, 4) is 11.3 Å². The summed E-state index contributed by atoms with van der Waals surface area (Å²) in [5.41, 5.74) is 0.811. The van der Waals surface area contributed by atoms with E-state index in [1.54, 1.807) is 18.3 Å². The number of oxazole rings is 1. The van der Waals surface area contributed by atoms with Gasteiger partial charge in [-0.25, -0.2) is 9.37 Å². The Labute approximate surface area is 129 Å². The lowest BCUT2D eigenvalue weighted by Gasteiger charge is -2.36. The lowest BCUT2D eigenvalue weighted by atomic mass is 9.98. The van der Waals surface area contributed by atoms with E-state index in [9.17, 15) is 9.50 Å². The number of piperidine rings is 1. The molecular weight excluding hydrogens is 283 g/mol. The van der Waals surface area contributed by atoms with Crippen LogP contribution in [-0.2, 0) is 6.54 Å². The number of aliphatic hydroxyl groups excluding tert-OH is 1. The molecule has 0 bridgehead atoms. The summed E-state index contributed by atoms with van der Waals surface area (Å²) < 4.78 is 18.7. The van der Waals surface area contributed by atoms with Crippen LogP contribution in [0.25, 0.3) is 11.3 Å². The van der Waals surface area contributed by atoms with Crippen LogP contribution >= 0.6 is 0 Å². The molecule has 0 aliphatic carbocycles. The van der Waals surface area contributed by atoms with E-state index in [4.69, 9.17) is 4.42 Å². The number of likely N-dealkylation sites (tertiary alicyclic amines) is 1. The third-order valence-corrected chi connectivity index (χ3v) is 4.24. The van der Waals surface area contributed by atoms with E-state index < -0.39 is 0 Å². The SMILES string of the molecule is CC(O)C1CCCCN1Cc1ncc(-c2ccc(F)cc2)o1. The van der Waals surface area contributed by atoms with Gasteiger partial charge >= 0.3 is 0 Å². The summed E-state index contributed by atoms with van der Waals surface area (Å²) in [5, 5.41) is 9.91. The number of aliphatic hydroxyl groups is 1. The molecule has 3 rings (SSSR count). The van der Waals surface area contributed by atoms with Crippen LogP contribution in [0.5, 0.6) is 0 Å². The second-order valence-electron chi connectivity index (χ2n) is 5.90. The van der Waals surface area contributed by atoms with Gasteiger partial charge in [0.15, 0.2) is 5.76 Å². The molecular formula is C17H21FN2O2. The van der Waals surface area contributed by atoms with Crippen LogP contribution in [0.3, 0.4) is 0 Å². The Bertz CT molecular complexity index is 609. The molecule has 1 aromatic heterocycles. The molecule has 1 aromatic carbocycles. The summed E-state index contributed by atoms with van der Waals surface area (Å²) in [7, 11) is 0. The molecule has 2 aromatic rings. The largest absolute Gasteiger partial charge is 0.439 e. The van der Waals surface area contributed by atoms with Crippen molar-refractivity contribution < 1.29 is 13.9 Å². The lowest BCUT2D eigenvalue weighted by Crippen LogP contribution is -2.45. The van der Waals surface area contributed by atoms with E-state index in [1.807, 2.05) is 6.92 Å². The second kappa shape index (κ2) is 6.58. The van der Waals surface area contributed by atoms with Gasteiger partial charge < -0.3 is 9.52 Å². The molecule has 0 spiro atoms. The molecule has 2 unspecified atom stereocenters. The second-order valence-corrected chi connectivity index (χ2v) is 5.90. The van der Waals surface area contributed by atoms with Crippen LogP contribution in [0.2, 0.25) is 0 Å². The van der Waals surface area contributed by atoms with Crippen LogP contribution < -0.4 is 0 Å². The molecule has 118 valence electrons. The predicted octanol–water partition coefficient (Wildman–Crippen LogP) is 3.22. The maximum absolute atomic E-state index is 13.0. The monoisotopic (exact) mass is 304 g/mol. The molecule has 1 aliphatic heterocycles. The van der Waals surface area contributed by atoms with Gasteiger partial charge in [-0.3, -0.25) is 4.90 Å². The highest BCUT2D eigenvalue weighted by Gasteiger charge is 2.27. The summed E-state index contributed by atoms with van der Waals surface area (Å²) in [5.74, 6) is 1.00. The fraction of sp³-hybridized carbons (Fsp3) is 0.471. The Morgan fingerprint density at radius 1 is 1.36 bits per heavy atom. The van der Waals surface area contributed by atoms with E-state index in [0.717, 1.165) is 31.4 Å². The molecule has 1 fully saturated rings. The van der Waals surface area contributed by atoms with Crippen molar-refractivity contribution in [3.63, 3.8) is 0 Å². The molecule has 1 aliphatic rings. The first-order valence-electron chi connectivity index (χ1n) is 7.76. The fourth-order valence-electron chi connectivity index (χ4n) is 3.06. The third-order valence-electron chi connectivity index (χ3n) is 4.24. The first-order chi connectivity index (χ1) is 10.6. The van der Waals surface area contributed by atoms with E-state index in [1.165, 1.54) is 12.1 Å². The summed E-state index contributed by atoms with van der Waals surface area (Å²) in [6.45, 7) is 3.38. The minimum atomic E-state index is -0.355. The van der Waals surface area contributed by atoms with Crippen molar-refractivity contribution in [2.45, 2.75) is 44.9 Å². The van der Waals surface area contributed by atoms with Gasteiger partial charge in [-0.15, -0.1) is 0 Å². The van der Waals surface area contributed by atoms with Gasteiger partial charge in [0.2, 0.25) is 5.89 Å². The van der Waals surface area contributed by atoms with Crippen molar-refractivity contribution in [1.82, 2.24) is 9.88 Å². The Hall–Kier alpha value is -1.72. The summed E-state index contributed by atoms with van der Waals surface area (Å²) >= 11 is 0. The van der Waals surface area contributed by atoms with Gasteiger partial charge in [0.1, 0.15) is 5.82 Å². The molecule has 0 saturated carbocycles. The quantitative estimate of drug-likeness (QED) is 0.942. The average molecular weight is 304 g/mol. The number of nitrogens with zero attached hydrogens (tertiary/aromatic N) is 2. The topological polar surface area (TPSA) is 49.5 Å². The predicted molar refractivity (Wildman–Crippen MR) is 81.6 cm³/mol. The smallest absolute Gasteiger partial charge is 0.209 e. The minimum absolute atomic E-state index is 0.162. The molecule has 22 heavy (non-hydrogen) atoms. The van der Waals surface area contributed by atoms with Crippen molar-refractivity contribution >= 4 is 0 Å². The zero-order chi connectivity index (χ0) is 15.5. The number of benzene rings is 1. The Balaban J connectivity index is 1.72. The van der Waals surface area contributed by atoms with E-state index in [2.05, 4.69) is 9.88 Å². The van der Waals surface area contributed by atoms with Crippen LogP contribution in [-0.4, -0.2) is 33.7 Å². The van der Waals surface area contributed by atoms with Crippen molar-refractivity contribution in [1.29, 1.82) is 0 Å². The highest BCUT2D eigenvalue weighted by molar-refractivity contribution is 5.55. The van der Waals surface area contributed by atoms with Gasteiger partial charge in [0.05, 0.1) is 18.8 Å². The van der Waals surface area contributed by atoms with Crippen molar-refractivity contribution in [3.05, 3.63) is 42.2 Å². The third kappa shape index (κ3) is 3.36. The van der Waals surface area contributed by atoms with E-state index in [0.29, 0.717) is 18.2 Å². The number of aromatic nitrogens is 1. The molecule has 2 heterocycles. The Morgan fingerprint density at radius 3 is 2.86 bits per heavy atom. The van der Waals surface area contributed by atoms with Crippen molar-refractivity contribution in [2.75, 3.05) is 6.54 Å². The van der Waals surface area contributed by atoms with E-state index >= 15 is 0 Å². The summed E-state index contributed by atoms with van der Waals surface area (Å²) in [6, 6.07) is 6.34. The summed E-state index contributed by atoms with van der Waals surface area (Å²) in [6.07, 6.45) is 4.60.